The standard InChI is InChI=1S/C34H42F2N4O5/c1-5-10-40(11-6-2)33(43)26-13-22(3)12-25(18-26)32(42)39-30(17-24-14-27(35)19-28(36)15-24)31(41)21-37-20-23-8-7-9-29(16-23)38-34(44)45-4/h7-9,12-16,18-19,30-31,37,41H,5-6,10-11,17,20-21H2,1-4H3,(H,38,44)(H,39,42). The fourth-order valence-corrected chi connectivity index (χ4v) is 5.03. The third kappa shape index (κ3) is 10.9. The molecule has 45 heavy (non-hydrogen) atoms. The smallest absolute Gasteiger partial charge is 0.411 e. The van der Waals surface area contributed by atoms with Crippen molar-refractivity contribution in [3.63, 3.8) is 0 Å². The van der Waals surface area contributed by atoms with E-state index in [9.17, 15) is 28.3 Å². The molecule has 0 saturated carbocycles. The number of hydrogen-bond acceptors (Lipinski definition) is 6. The molecule has 0 spiro atoms. The number of rotatable bonds is 15. The summed E-state index contributed by atoms with van der Waals surface area (Å²) in [6.07, 6.45) is -0.219. The van der Waals surface area contributed by atoms with Gasteiger partial charge < -0.3 is 25.4 Å². The highest BCUT2D eigenvalue weighted by Crippen LogP contribution is 2.17. The molecule has 3 rings (SSSR count). The minimum Gasteiger partial charge on any atom is -0.453 e. The van der Waals surface area contributed by atoms with Crippen molar-refractivity contribution in [1.29, 1.82) is 0 Å². The molecule has 0 radical (unpaired) electrons. The van der Waals surface area contributed by atoms with Crippen molar-refractivity contribution in [2.45, 2.75) is 58.7 Å². The average molecular weight is 625 g/mol. The van der Waals surface area contributed by atoms with Gasteiger partial charge in [0.15, 0.2) is 0 Å². The molecule has 0 heterocycles. The Kier molecular flexibility index (Phi) is 13.4. The van der Waals surface area contributed by atoms with Gasteiger partial charge in [0.05, 0.1) is 19.3 Å². The number of hydrogen-bond donors (Lipinski definition) is 4. The lowest BCUT2D eigenvalue weighted by Gasteiger charge is -2.25. The molecule has 242 valence electrons. The Morgan fingerprint density at radius 3 is 2.22 bits per heavy atom. The number of carbonyl (C=O) groups is 3. The van der Waals surface area contributed by atoms with Gasteiger partial charge in [-0.15, -0.1) is 0 Å². The van der Waals surface area contributed by atoms with Gasteiger partial charge in [0.25, 0.3) is 11.8 Å². The molecule has 2 unspecified atom stereocenters. The Morgan fingerprint density at radius 1 is 0.911 bits per heavy atom. The van der Waals surface area contributed by atoms with E-state index in [1.54, 1.807) is 42.2 Å². The highest BCUT2D eigenvalue weighted by molar-refractivity contribution is 6.00. The summed E-state index contributed by atoms with van der Waals surface area (Å²) >= 11 is 0. The van der Waals surface area contributed by atoms with Gasteiger partial charge in [0, 0.05) is 49.1 Å². The molecule has 0 bridgehead atoms. The van der Waals surface area contributed by atoms with E-state index in [0.29, 0.717) is 36.4 Å². The monoisotopic (exact) mass is 624 g/mol. The number of anilines is 1. The van der Waals surface area contributed by atoms with Crippen molar-refractivity contribution in [3.05, 3.63) is 100 Å². The topological polar surface area (TPSA) is 120 Å². The van der Waals surface area contributed by atoms with E-state index in [1.807, 2.05) is 19.9 Å². The normalized spacial score (nSPS) is 12.2. The van der Waals surface area contributed by atoms with Crippen LogP contribution in [0.2, 0.25) is 0 Å². The van der Waals surface area contributed by atoms with Gasteiger partial charge in [-0.25, -0.2) is 13.6 Å². The Bertz CT molecular complexity index is 1440. The summed E-state index contributed by atoms with van der Waals surface area (Å²) in [7, 11) is 1.27. The van der Waals surface area contributed by atoms with Crippen molar-refractivity contribution in [2.75, 3.05) is 32.1 Å². The maximum absolute atomic E-state index is 14.0. The molecule has 0 fully saturated rings. The maximum atomic E-state index is 14.0. The van der Waals surface area contributed by atoms with E-state index >= 15 is 0 Å². The Morgan fingerprint density at radius 2 is 1.58 bits per heavy atom. The third-order valence-corrected chi connectivity index (χ3v) is 7.06. The van der Waals surface area contributed by atoms with Crippen molar-refractivity contribution < 1.29 is 33.0 Å². The van der Waals surface area contributed by atoms with Gasteiger partial charge in [-0.3, -0.25) is 14.9 Å². The largest absolute Gasteiger partial charge is 0.453 e. The number of methoxy groups -OCH3 is 1. The van der Waals surface area contributed by atoms with Gasteiger partial charge in [-0.2, -0.15) is 0 Å². The number of carbonyl (C=O) groups excluding carboxylic acids is 3. The zero-order chi connectivity index (χ0) is 32.9. The summed E-state index contributed by atoms with van der Waals surface area (Å²) in [6, 6.07) is 14.1. The molecule has 3 aromatic carbocycles. The quantitative estimate of drug-likeness (QED) is 0.185. The van der Waals surface area contributed by atoms with Crippen LogP contribution >= 0.6 is 0 Å². The molecule has 0 aliphatic heterocycles. The lowest BCUT2D eigenvalue weighted by Crippen LogP contribution is -2.48. The number of ether oxygens (including phenoxy) is 1. The number of benzene rings is 3. The van der Waals surface area contributed by atoms with E-state index in [2.05, 4.69) is 20.7 Å². The fourth-order valence-electron chi connectivity index (χ4n) is 5.03. The molecule has 0 aliphatic rings. The van der Waals surface area contributed by atoms with E-state index < -0.39 is 35.8 Å². The molecule has 3 aromatic rings. The first kappa shape index (κ1) is 35.1. The number of aliphatic hydroxyl groups is 1. The van der Waals surface area contributed by atoms with Crippen LogP contribution in [0.5, 0.6) is 0 Å². The van der Waals surface area contributed by atoms with E-state index in [4.69, 9.17) is 0 Å². The first-order valence-corrected chi connectivity index (χ1v) is 15.0. The number of nitrogens with one attached hydrogen (secondary N) is 3. The number of nitrogens with zero attached hydrogens (tertiary/aromatic N) is 1. The Hall–Kier alpha value is -4.35. The van der Waals surface area contributed by atoms with E-state index in [0.717, 1.165) is 36.6 Å². The van der Waals surface area contributed by atoms with Gasteiger partial charge in [0.2, 0.25) is 0 Å². The zero-order valence-electron chi connectivity index (χ0n) is 26.2. The van der Waals surface area contributed by atoms with E-state index in [-0.39, 0.29) is 30.0 Å². The molecule has 9 nitrogen and oxygen atoms in total. The van der Waals surface area contributed by atoms with Crippen LogP contribution < -0.4 is 16.0 Å². The molecule has 0 aromatic heterocycles. The number of aryl methyl sites for hydroxylation is 1. The van der Waals surface area contributed by atoms with Gasteiger partial charge in [0.1, 0.15) is 11.6 Å². The predicted octanol–water partition coefficient (Wildman–Crippen LogP) is 5.21. The Labute approximate surface area is 263 Å². The second-order valence-electron chi connectivity index (χ2n) is 11.0. The van der Waals surface area contributed by atoms with Crippen LogP contribution in [0.15, 0.2) is 60.7 Å². The highest BCUT2D eigenvalue weighted by atomic mass is 19.1. The summed E-state index contributed by atoms with van der Waals surface area (Å²) in [5.41, 5.74) is 2.93. The maximum Gasteiger partial charge on any atom is 0.411 e. The van der Waals surface area contributed by atoms with Crippen LogP contribution in [-0.2, 0) is 17.7 Å². The molecule has 4 N–H and O–H groups in total. The first-order valence-electron chi connectivity index (χ1n) is 15.0. The second kappa shape index (κ2) is 17.2. The molecule has 0 saturated heterocycles. The molecular weight excluding hydrogens is 582 g/mol. The molecular formula is C34H42F2N4O5. The summed E-state index contributed by atoms with van der Waals surface area (Å²) in [5.74, 6) is -2.24. The summed E-state index contributed by atoms with van der Waals surface area (Å²) in [5, 5.41) is 19.7. The van der Waals surface area contributed by atoms with Gasteiger partial charge in [-0.05, 0) is 85.3 Å². The number of halogens is 2. The van der Waals surface area contributed by atoms with Crippen molar-refractivity contribution in [2.24, 2.45) is 0 Å². The summed E-state index contributed by atoms with van der Waals surface area (Å²) in [6.45, 7) is 7.32. The van der Waals surface area contributed by atoms with Gasteiger partial charge in [-0.1, -0.05) is 26.0 Å². The number of amides is 3. The SMILES string of the molecule is CCCN(CCC)C(=O)c1cc(C)cc(C(=O)NC(Cc2cc(F)cc(F)c2)C(O)CNCc2cccc(NC(=O)OC)c2)c1. The summed E-state index contributed by atoms with van der Waals surface area (Å²) < 4.78 is 32.6. The van der Waals surface area contributed by atoms with Crippen molar-refractivity contribution in [3.8, 4) is 0 Å². The van der Waals surface area contributed by atoms with Crippen molar-refractivity contribution >= 4 is 23.6 Å². The molecule has 11 heteroatoms. The highest BCUT2D eigenvalue weighted by Gasteiger charge is 2.24. The molecule has 3 amide bonds. The van der Waals surface area contributed by atoms with Crippen LogP contribution in [0.1, 0.15) is 64.1 Å². The lowest BCUT2D eigenvalue weighted by atomic mass is 9.99. The third-order valence-electron chi connectivity index (χ3n) is 7.06. The zero-order valence-corrected chi connectivity index (χ0v) is 26.2. The second-order valence-corrected chi connectivity index (χ2v) is 11.0. The Balaban J connectivity index is 1.78. The first-order chi connectivity index (χ1) is 21.5. The summed E-state index contributed by atoms with van der Waals surface area (Å²) in [4.78, 5) is 40.1. The van der Waals surface area contributed by atoms with Crippen LogP contribution in [-0.4, -0.2) is 66.8 Å². The van der Waals surface area contributed by atoms with Crippen LogP contribution in [0.25, 0.3) is 0 Å². The minimum atomic E-state index is -1.16. The van der Waals surface area contributed by atoms with Crippen LogP contribution in [0.4, 0.5) is 19.3 Å². The van der Waals surface area contributed by atoms with Crippen LogP contribution in [0.3, 0.4) is 0 Å². The fraction of sp³-hybridized carbons (Fsp3) is 0.382. The minimum absolute atomic E-state index is 0.0257. The van der Waals surface area contributed by atoms with Gasteiger partial charge >= 0.3 is 6.09 Å². The predicted molar refractivity (Wildman–Crippen MR) is 169 cm³/mol. The lowest BCUT2D eigenvalue weighted by molar-refractivity contribution is 0.0755. The average Bonchev–Trinajstić information content (AvgIpc) is 2.99. The van der Waals surface area contributed by atoms with Crippen molar-refractivity contribution in [1.82, 2.24) is 15.5 Å². The van der Waals surface area contributed by atoms with Crippen LogP contribution in [0, 0.1) is 18.6 Å². The molecule has 2 atom stereocenters. The van der Waals surface area contributed by atoms with E-state index in [1.165, 1.54) is 13.2 Å². The number of aliphatic hydroxyl groups excluding tert-OH is 1. The molecule has 0 aliphatic carbocycles.